The summed E-state index contributed by atoms with van der Waals surface area (Å²) >= 11 is 7.77. The first-order chi connectivity index (χ1) is 31.3. The Balaban J connectivity index is 0.986. The highest BCUT2D eigenvalue weighted by molar-refractivity contribution is 7.90. The van der Waals surface area contributed by atoms with Gasteiger partial charge < -0.3 is 29.3 Å². The third-order valence-corrected chi connectivity index (χ3v) is 15.0. The number of nitro benzene ring substituents is 1. The van der Waals surface area contributed by atoms with E-state index in [-0.39, 0.29) is 29.3 Å². The lowest BCUT2D eigenvalue weighted by Crippen LogP contribution is -2.47. The Bertz CT molecular complexity index is 2730. The molecule has 0 bridgehead atoms. The van der Waals surface area contributed by atoms with E-state index in [9.17, 15) is 23.3 Å². The number of amides is 1. The number of hydrogen-bond donors (Lipinski definition) is 2. The van der Waals surface area contributed by atoms with Crippen molar-refractivity contribution in [3.63, 3.8) is 0 Å². The summed E-state index contributed by atoms with van der Waals surface area (Å²) in [7, 11) is -4.59. The predicted octanol–water partition coefficient (Wildman–Crippen LogP) is 8.51. The van der Waals surface area contributed by atoms with Gasteiger partial charge in [0.05, 0.1) is 53.6 Å². The maximum atomic E-state index is 14.4. The number of fused-ring (bicyclic) bond motifs is 2. The first-order valence-corrected chi connectivity index (χ1v) is 24.7. The molecule has 1 atom stereocenters. The van der Waals surface area contributed by atoms with Crippen LogP contribution >= 0.6 is 22.9 Å². The highest BCUT2D eigenvalue weighted by Gasteiger charge is 2.32. The molecule has 4 aliphatic rings. The van der Waals surface area contributed by atoms with Gasteiger partial charge in [0, 0.05) is 68.0 Å². The monoisotopic (exact) mass is 941 g/mol. The highest BCUT2D eigenvalue weighted by atomic mass is 35.5. The minimum atomic E-state index is -4.59. The van der Waals surface area contributed by atoms with E-state index < -0.39 is 31.4 Å². The van der Waals surface area contributed by atoms with Crippen LogP contribution in [-0.4, -0.2) is 107 Å². The van der Waals surface area contributed by atoms with E-state index in [1.165, 1.54) is 40.2 Å². The average Bonchev–Trinajstić information content (AvgIpc) is 3.66. The van der Waals surface area contributed by atoms with Crippen molar-refractivity contribution in [2.75, 3.05) is 87.4 Å². The molecule has 1 unspecified atom stereocenters. The fourth-order valence-corrected chi connectivity index (χ4v) is 10.9. The Hall–Kier alpha value is -5.30. The molecule has 2 fully saturated rings. The smallest absolute Gasteiger partial charge is 0.293 e. The number of aromatic nitrogens is 1. The zero-order valence-corrected chi connectivity index (χ0v) is 38.8. The molecular weight excluding hydrogens is 890 g/mol. The predicted molar refractivity (Wildman–Crippen MR) is 255 cm³/mol. The van der Waals surface area contributed by atoms with Gasteiger partial charge in [-0.1, -0.05) is 43.2 Å². The van der Waals surface area contributed by atoms with Crippen LogP contribution in [0.4, 0.5) is 28.4 Å². The summed E-state index contributed by atoms with van der Waals surface area (Å²) in [5, 5.41) is 18.8. The number of carbonyl (C=O) groups is 1. The van der Waals surface area contributed by atoms with E-state index in [1.54, 1.807) is 6.07 Å². The molecule has 15 nitrogen and oxygen atoms in total. The molecule has 9 rings (SSSR count). The number of ether oxygens (including phenoxy) is 3. The molecule has 65 heavy (non-hydrogen) atoms. The van der Waals surface area contributed by atoms with Gasteiger partial charge in [-0.05, 0) is 102 Å². The molecule has 2 saturated heterocycles. The van der Waals surface area contributed by atoms with Gasteiger partial charge in [0.2, 0.25) is 5.88 Å². The lowest BCUT2D eigenvalue weighted by atomic mass is 9.72. The molecule has 0 radical (unpaired) electrons. The number of halogens is 1. The van der Waals surface area contributed by atoms with Crippen LogP contribution in [0.2, 0.25) is 5.02 Å². The molecule has 1 aliphatic carbocycles. The van der Waals surface area contributed by atoms with E-state index in [1.807, 2.05) is 46.7 Å². The quantitative estimate of drug-likeness (QED) is 0.0903. The lowest BCUT2D eigenvalue weighted by molar-refractivity contribution is -0.384. The van der Waals surface area contributed by atoms with Gasteiger partial charge in [0.25, 0.3) is 21.6 Å². The van der Waals surface area contributed by atoms with Crippen LogP contribution in [0, 0.1) is 15.5 Å². The summed E-state index contributed by atoms with van der Waals surface area (Å²) < 4.78 is 47.3. The number of nitrogens with one attached hydrogen (secondary N) is 2. The fraction of sp³-hybridized carbons (Fsp3) is 0.404. The Morgan fingerprint density at radius 3 is 2.57 bits per heavy atom. The van der Waals surface area contributed by atoms with Gasteiger partial charge in [-0.2, -0.15) is 0 Å². The van der Waals surface area contributed by atoms with Crippen molar-refractivity contribution in [2.24, 2.45) is 5.41 Å². The standard InChI is InChI=1S/C47H52ClN7O8S2/c1-47(2)14-12-33(39(27-47)31-4-6-34(48)7-5-31)29-52-16-18-53(19-17-52)35-8-10-38(41(25-35)54-15-3-20-63-45-43(54)24-32-13-23-64-46(32)50-45)44(56)51-65(59,60)37-9-11-40(42(26-37)55(57)58)49-28-36-30-61-21-22-62-36/h4-11,13,23-26,36,49H,3,12,14-22,27-30H2,1-2H3,(H,51,56). The number of sulfonamides is 1. The number of nitro groups is 1. The third-order valence-electron chi connectivity index (χ3n) is 12.6. The van der Waals surface area contributed by atoms with Crippen molar-refractivity contribution in [2.45, 2.75) is 50.5 Å². The first kappa shape index (κ1) is 44.9. The van der Waals surface area contributed by atoms with E-state index in [4.69, 9.17) is 30.8 Å². The van der Waals surface area contributed by atoms with Crippen molar-refractivity contribution in [3.8, 4) is 5.88 Å². The topological polar surface area (TPSA) is 169 Å². The van der Waals surface area contributed by atoms with Crippen LogP contribution in [0.1, 0.15) is 55.5 Å². The maximum absolute atomic E-state index is 14.4. The minimum absolute atomic E-state index is 0.110. The second kappa shape index (κ2) is 18.9. The van der Waals surface area contributed by atoms with Gasteiger partial charge >= 0.3 is 0 Å². The number of allylic oxidation sites excluding steroid dienone is 1. The molecule has 342 valence electrons. The molecular formula is C47H52ClN7O8S2. The molecule has 0 saturated carbocycles. The minimum Gasteiger partial charge on any atom is -0.476 e. The van der Waals surface area contributed by atoms with Crippen LogP contribution in [0.15, 0.2) is 88.6 Å². The van der Waals surface area contributed by atoms with Crippen molar-refractivity contribution >= 4 is 83.1 Å². The lowest BCUT2D eigenvalue weighted by Gasteiger charge is -2.39. The van der Waals surface area contributed by atoms with Gasteiger partial charge in [-0.25, -0.2) is 18.1 Å². The number of anilines is 4. The zero-order valence-electron chi connectivity index (χ0n) is 36.4. The van der Waals surface area contributed by atoms with Crippen LogP contribution in [0.5, 0.6) is 5.88 Å². The van der Waals surface area contributed by atoms with E-state index >= 15 is 0 Å². The van der Waals surface area contributed by atoms with Crippen molar-refractivity contribution in [1.29, 1.82) is 0 Å². The van der Waals surface area contributed by atoms with Gasteiger partial charge in [-0.15, -0.1) is 11.3 Å². The highest BCUT2D eigenvalue weighted by Crippen LogP contribution is 2.44. The van der Waals surface area contributed by atoms with Crippen molar-refractivity contribution in [1.82, 2.24) is 14.6 Å². The number of hydrogen-bond acceptors (Lipinski definition) is 14. The SMILES string of the molecule is CC1(C)CCC(CN2CCN(c3ccc(C(=O)NS(=O)(=O)c4ccc(NCC5COCCO5)c([N+](=O)[O-])c4)c(N4CCCOc5nc6sccc6cc54)c3)CC2)=C(c2ccc(Cl)cc2)C1. The summed E-state index contributed by atoms with van der Waals surface area (Å²) in [6.07, 6.45) is 3.49. The Morgan fingerprint density at radius 2 is 1.80 bits per heavy atom. The fourth-order valence-electron chi connectivity index (χ4n) is 9.06. The third kappa shape index (κ3) is 10.1. The molecule has 3 aromatic carbocycles. The second-order valence-electron chi connectivity index (χ2n) is 17.7. The van der Waals surface area contributed by atoms with Gasteiger partial charge in [0.1, 0.15) is 16.2 Å². The van der Waals surface area contributed by atoms with E-state index in [2.05, 4.69) is 45.8 Å². The number of carbonyl (C=O) groups excluding carboxylic acids is 1. The largest absolute Gasteiger partial charge is 0.476 e. The zero-order chi connectivity index (χ0) is 45.3. The maximum Gasteiger partial charge on any atom is 0.293 e. The number of benzene rings is 3. The molecule has 5 heterocycles. The number of piperazine rings is 1. The van der Waals surface area contributed by atoms with Crippen molar-refractivity contribution in [3.05, 3.63) is 110 Å². The number of rotatable bonds is 12. The van der Waals surface area contributed by atoms with E-state index in [0.29, 0.717) is 56.6 Å². The molecule has 2 N–H and O–H groups in total. The molecule has 1 amide bonds. The molecule has 5 aromatic rings. The Kier molecular flexibility index (Phi) is 13.0. The van der Waals surface area contributed by atoms with Crippen LogP contribution in [0.25, 0.3) is 15.8 Å². The van der Waals surface area contributed by atoms with Gasteiger partial charge in [-0.3, -0.25) is 19.8 Å². The summed E-state index contributed by atoms with van der Waals surface area (Å²) in [5.41, 5.74) is 6.15. The number of pyridine rings is 1. The van der Waals surface area contributed by atoms with E-state index in [0.717, 1.165) is 79.0 Å². The number of thiophene rings is 1. The average molecular weight is 943 g/mol. The summed E-state index contributed by atoms with van der Waals surface area (Å²) in [5.74, 6) is -0.454. The number of nitrogens with zero attached hydrogens (tertiary/aromatic N) is 5. The normalized spacial score (nSPS) is 19.3. The molecule has 2 aromatic heterocycles. The molecule has 0 spiro atoms. The van der Waals surface area contributed by atoms with Crippen LogP contribution < -0.4 is 24.6 Å². The molecule has 18 heteroatoms. The van der Waals surface area contributed by atoms with Crippen LogP contribution in [-0.2, 0) is 19.5 Å². The van der Waals surface area contributed by atoms with Crippen molar-refractivity contribution < 1.29 is 32.3 Å². The second-order valence-corrected chi connectivity index (χ2v) is 20.7. The Morgan fingerprint density at radius 1 is 0.985 bits per heavy atom. The first-order valence-electron chi connectivity index (χ1n) is 22.0. The summed E-state index contributed by atoms with van der Waals surface area (Å²) in [6.45, 7) is 11.0. The van der Waals surface area contributed by atoms with Crippen LogP contribution in [0.3, 0.4) is 0 Å². The molecule has 3 aliphatic heterocycles. The summed E-state index contributed by atoms with van der Waals surface area (Å²) in [6, 6.07) is 21.1. The summed E-state index contributed by atoms with van der Waals surface area (Å²) in [4.78, 5) is 37.9. The Labute approximate surface area is 387 Å². The van der Waals surface area contributed by atoms with Gasteiger partial charge in [0.15, 0.2) is 0 Å².